The molecule has 0 aliphatic carbocycles. The third kappa shape index (κ3) is 3.21. The SMILES string of the molecule is Cc1nc(S[C@@H](C)C(=O)N2CCc3ccccc32)c(C(N)=O)c(C)c1C. The number of benzene rings is 1. The number of nitrogens with two attached hydrogens (primary N) is 1. The van der Waals surface area contributed by atoms with Crippen molar-refractivity contribution in [3.63, 3.8) is 0 Å². The zero-order valence-corrected chi connectivity index (χ0v) is 16.3. The van der Waals surface area contributed by atoms with Gasteiger partial charge in [-0.1, -0.05) is 30.0 Å². The number of hydrogen-bond acceptors (Lipinski definition) is 4. The third-order valence-corrected chi connectivity index (χ3v) is 6.07. The number of aromatic nitrogens is 1. The average molecular weight is 369 g/mol. The van der Waals surface area contributed by atoms with Crippen molar-refractivity contribution in [1.29, 1.82) is 0 Å². The van der Waals surface area contributed by atoms with Crippen LogP contribution in [0.3, 0.4) is 0 Å². The lowest BCUT2D eigenvalue weighted by molar-refractivity contribution is -0.117. The van der Waals surface area contributed by atoms with Gasteiger partial charge >= 0.3 is 0 Å². The molecule has 5 nitrogen and oxygen atoms in total. The highest BCUT2D eigenvalue weighted by Gasteiger charge is 2.30. The molecule has 1 aliphatic rings. The molecule has 1 aliphatic heterocycles. The molecule has 0 spiro atoms. The summed E-state index contributed by atoms with van der Waals surface area (Å²) in [6.07, 6.45) is 0.868. The predicted octanol–water partition coefficient (Wildman–Crippen LogP) is 3.18. The molecule has 2 amide bonds. The first-order valence-electron chi connectivity index (χ1n) is 8.64. The summed E-state index contributed by atoms with van der Waals surface area (Å²) >= 11 is 1.30. The number of nitrogens with zero attached hydrogens (tertiary/aromatic N) is 2. The van der Waals surface area contributed by atoms with E-state index < -0.39 is 5.91 Å². The van der Waals surface area contributed by atoms with Crippen LogP contribution in [-0.2, 0) is 11.2 Å². The molecule has 136 valence electrons. The molecule has 0 radical (unpaired) electrons. The lowest BCUT2D eigenvalue weighted by Crippen LogP contribution is -2.35. The van der Waals surface area contributed by atoms with E-state index in [4.69, 9.17) is 5.73 Å². The first-order valence-corrected chi connectivity index (χ1v) is 9.52. The van der Waals surface area contributed by atoms with Crippen LogP contribution in [-0.4, -0.2) is 28.6 Å². The molecule has 0 fully saturated rings. The Morgan fingerprint density at radius 3 is 2.58 bits per heavy atom. The van der Waals surface area contributed by atoms with E-state index in [1.807, 2.05) is 50.8 Å². The van der Waals surface area contributed by atoms with Crippen LogP contribution in [0.25, 0.3) is 0 Å². The van der Waals surface area contributed by atoms with Gasteiger partial charge in [0.15, 0.2) is 0 Å². The van der Waals surface area contributed by atoms with Crippen molar-refractivity contribution in [3.8, 4) is 0 Å². The lowest BCUT2D eigenvalue weighted by atomic mass is 10.0. The van der Waals surface area contributed by atoms with E-state index in [0.29, 0.717) is 17.1 Å². The molecule has 2 aromatic rings. The van der Waals surface area contributed by atoms with Crippen molar-refractivity contribution in [2.24, 2.45) is 5.73 Å². The number of rotatable bonds is 4. The number of hydrogen-bond donors (Lipinski definition) is 1. The van der Waals surface area contributed by atoms with Crippen molar-refractivity contribution < 1.29 is 9.59 Å². The second kappa shape index (κ2) is 7.11. The van der Waals surface area contributed by atoms with Crippen LogP contribution >= 0.6 is 11.8 Å². The maximum atomic E-state index is 13.0. The number of para-hydroxylation sites is 1. The number of pyridine rings is 1. The first kappa shape index (κ1) is 18.5. The Hall–Kier alpha value is -2.34. The van der Waals surface area contributed by atoms with E-state index in [1.165, 1.54) is 17.3 Å². The van der Waals surface area contributed by atoms with Gasteiger partial charge in [-0.25, -0.2) is 4.98 Å². The Morgan fingerprint density at radius 1 is 1.19 bits per heavy atom. The molecular formula is C20H23N3O2S. The standard InChI is InChI=1S/C20H23N3O2S/c1-11-12(2)17(18(21)24)19(22-13(11)3)26-14(4)20(25)23-10-9-15-7-5-6-8-16(15)23/h5-8,14H,9-10H2,1-4H3,(H2,21,24)/t14-/m0/s1. The Bertz CT molecular complexity index is 895. The molecule has 0 unspecified atom stereocenters. The number of carbonyl (C=O) groups is 2. The summed E-state index contributed by atoms with van der Waals surface area (Å²) in [6.45, 7) is 8.24. The van der Waals surface area contributed by atoms with Gasteiger partial charge in [0, 0.05) is 17.9 Å². The van der Waals surface area contributed by atoms with Gasteiger partial charge in [0.25, 0.3) is 5.91 Å². The zero-order chi connectivity index (χ0) is 19.0. The molecule has 26 heavy (non-hydrogen) atoms. The van der Waals surface area contributed by atoms with Gasteiger partial charge in [0.05, 0.1) is 10.8 Å². The number of primary amides is 1. The fourth-order valence-corrected chi connectivity index (χ4v) is 4.42. The van der Waals surface area contributed by atoms with Gasteiger partial charge in [0.2, 0.25) is 5.91 Å². The number of fused-ring (bicyclic) bond motifs is 1. The van der Waals surface area contributed by atoms with E-state index in [1.54, 1.807) is 0 Å². The maximum Gasteiger partial charge on any atom is 0.251 e. The quantitative estimate of drug-likeness (QED) is 0.840. The number of amides is 2. The maximum absolute atomic E-state index is 13.0. The highest BCUT2D eigenvalue weighted by Crippen LogP contribution is 2.33. The molecule has 2 heterocycles. The van der Waals surface area contributed by atoms with Crippen molar-refractivity contribution in [2.45, 2.75) is 44.4 Å². The van der Waals surface area contributed by atoms with E-state index in [-0.39, 0.29) is 11.2 Å². The van der Waals surface area contributed by atoms with Crippen LogP contribution < -0.4 is 10.6 Å². The minimum atomic E-state index is -0.508. The van der Waals surface area contributed by atoms with E-state index >= 15 is 0 Å². The number of thioether (sulfide) groups is 1. The van der Waals surface area contributed by atoms with Crippen molar-refractivity contribution in [1.82, 2.24) is 4.98 Å². The van der Waals surface area contributed by atoms with Crippen LogP contribution in [0.2, 0.25) is 0 Å². The van der Waals surface area contributed by atoms with Gasteiger partial charge in [-0.15, -0.1) is 0 Å². The summed E-state index contributed by atoms with van der Waals surface area (Å²) < 4.78 is 0. The fraction of sp³-hybridized carbons (Fsp3) is 0.350. The van der Waals surface area contributed by atoms with Gasteiger partial charge in [-0.05, 0) is 56.9 Å². The molecule has 1 atom stereocenters. The molecule has 0 saturated heterocycles. The molecule has 2 N–H and O–H groups in total. The van der Waals surface area contributed by atoms with Crippen LogP contribution in [0.1, 0.15) is 39.7 Å². The van der Waals surface area contributed by atoms with E-state index in [0.717, 1.165) is 28.9 Å². The highest BCUT2D eigenvalue weighted by molar-refractivity contribution is 8.00. The summed E-state index contributed by atoms with van der Waals surface area (Å²) in [5.74, 6) is -0.486. The second-order valence-corrected chi connectivity index (χ2v) is 7.95. The topological polar surface area (TPSA) is 76.3 Å². The van der Waals surface area contributed by atoms with Crippen LogP contribution in [0.5, 0.6) is 0 Å². The number of anilines is 1. The van der Waals surface area contributed by atoms with Gasteiger partial charge in [-0.3, -0.25) is 9.59 Å². The molecule has 0 saturated carbocycles. The highest BCUT2D eigenvalue weighted by atomic mass is 32.2. The summed E-state index contributed by atoms with van der Waals surface area (Å²) in [5, 5.41) is 0.166. The minimum absolute atomic E-state index is 0.0213. The lowest BCUT2D eigenvalue weighted by Gasteiger charge is -2.22. The van der Waals surface area contributed by atoms with E-state index in [2.05, 4.69) is 11.1 Å². The summed E-state index contributed by atoms with van der Waals surface area (Å²) in [7, 11) is 0. The molecule has 1 aromatic carbocycles. The Labute approximate surface area is 158 Å². The summed E-state index contributed by atoms with van der Waals surface area (Å²) in [5.41, 5.74) is 10.8. The average Bonchev–Trinajstić information content (AvgIpc) is 3.02. The zero-order valence-electron chi connectivity index (χ0n) is 15.5. The normalized spacial score (nSPS) is 14.2. The molecule has 6 heteroatoms. The fourth-order valence-electron chi connectivity index (χ4n) is 3.29. The van der Waals surface area contributed by atoms with Gasteiger partial charge < -0.3 is 10.6 Å². The van der Waals surface area contributed by atoms with Crippen molar-refractivity contribution >= 4 is 29.3 Å². The molecular weight excluding hydrogens is 346 g/mol. The Balaban J connectivity index is 1.88. The minimum Gasteiger partial charge on any atom is -0.366 e. The Kier molecular flexibility index (Phi) is 5.05. The van der Waals surface area contributed by atoms with Crippen molar-refractivity contribution in [2.75, 3.05) is 11.4 Å². The summed E-state index contributed by atoms with van der Waals surface area (Å²) in [6, 6.07) is 7.97. The van der Waals surface area contributed by atoms with Crippen LogP contribution in [0.15, 0.2) is 29.3 Å². The molecule has 0 bridgehead atoms. The van der Waals surface area contributed by atoms with Crippen LogP contribution in [0.4, 0.5) is 5.69 Å². The molecule has 1 aromatic heterocycles. The smallest absolute Gasteiger partial charge is 0.251 e. The Morgan fingerprint density at radius 2 is 1.88 bits per heavy atom. The third-order valence-electron chi connectivity index (χ3n) is 5.00. The number of carbonyl (C=O) groups excluding carboxylic acids is 2. The predicted molar refractivity (Wildman–Crippen MR) is 105 cm³/mol. The van der Waals surface area contributed by atoms with Crippen LogP contribution in [0, 0.1) is 20.8 Å². The van der Waals surface area contributed by atoms with E-state index in [9.17, 15) is 9.59 Å². The van der Waals surface area contributed by atoms with Crippen molar-refractivity contribution in [3.05, 3.63) is 52.2 Å². The summed E-state index contributed by atoms with van der Waals surface area (Å²) in [4.78, 5) is 31.3. The van der Waals surface area contributed by atoms with Gasteiger partial charge in [0.1, 0.15) is 5.03 Å². The first-order chi connectivity index (χ1) is 12.3. The van der Waals surface area contributed by atoms with Gasteiger partial charge in [-0.2, -0.15) is 0 Å². The largest absolute Gasteiger partial charge is 0.366 e. The second-order valence-electron chi connectivity index (χ2n) is 6.62. The monoisotopic (exact) mass is 369 g/mol. The number of aryl methyl sites for hydroxylation is 1. The molecule has 3 rings (SSSR count).